The summed E-state index contributed by atoms with van der Waals surface area (Å²) in [6, 6.07) is 10.9. The number of hydrogen-bond acceptors (Lipinski definition) is 1. The summed E-state index contributed by atoms with van der Waals surface area (Å²) in [5, 5.41) is 0. The Hall–Kier alpha value is -0.430. The molecule has 0 saturated heterocycles. The minimum atomic E-state index is 0.500. The van der Waals surface area contributed by atoms with Gasteiger partial charge in [-0.25, -0.2) is 0 Å². The van der Waals surface area contributed by atoms with E-state index in [4.69, 9.17) is 0 Å². The predicted octanol–water partition coefficient (Wildman–Crippen LogP) is 5.14. The molecule has 1 saturated carbocycles. The molecule has 0 nitrogen and oxygen atoms in total. The van der Waals surface area contributed by atoms with Gasteiger partial charge in [-0.3, -0.25) is 0 Å². The summed E-state index contributed by atoms with van der Waals surface area (Å²) in [5.41, 5.74) is 0. The molecule has 1 aliphatic carbocycles. The minimum Gasteiger partial charge on any atom is -0.119 e. The van der Waals surface area contributed by atoms with E-state index in [1.807, 2.05) is 0 Å². The van der Waals surface area contributed by atoms with Crippen molar-refractivity contribution in [3.63, 3.8) is 0 Å². The molecule has 16 heavy (non-hydrogen) atoms. The average molecular weight is 234 g/mol. The molecular weight excluding hydrogens is 212 g/mol. The molecule has 1 aromatic carbocycles. The Morgan fingerprint density at radius 3 is 2.19 bits per heavy atom. The molecule has 0 unspecified atom stereocenters. The van der Waals surface area contributed by atoms with Crippen molar-refractivity contribution in [2.45, 2.75) is 55.6 Å². The van der Waals surface area contributed by atoms with E-state index in [1.54, 1.807) is 0 Å². The van der Waals surface area contributed by atoms with Crippen molar-refractivity contribution in [2.75, 3.05) is 0 Å². The number of hydrogen-bond donors (Lipinski definition) is 0. The van der Waals surface area contributed by atoms with E-state index in [2.05, 4.69) is 55.9 Å². The first-order chi connectivity index (χ1) is 7.73. The van der Waals surface area contributed by atoms with Gasteiger partial charge >= 0.3 is 0 Å². The van der Waals surface area contributed by atoms with Crippen LogP contribution in [0.25, 0.3) is 0 Å². The van der Waals surface area contributed by atoms with Gasteiger partial charge in [-0.1, -0.05) is 51.3 Å². The molecular formula is C15H22S. The maximum Gasteiger partial charge on any atom is 0.0230 e. The van der Waals surface area contributed by atoms with Crippen LogP contribution < -0.4 is 0 Å². The molecule has 0 bridgehead atoms. The first-order valence-corrected chi connectivity index (χ1v) is 7.29. The van der Waals surface area contributed by atoms with Crippen LogP contribution in [-0.4, -0.2) is 4.75 Å². The van der Waals surface area contributed by atoms with Crippen LogP contribution in [0, 0.1) is 5.92 Å². The molecule has 0 aromatic heterocycles. The second kappa shape index (κ2) is 5.27. The van der Waals surface area contributed by atoms with Gasteiger partial charge in [0.05, 0.1) is 0 Å². The summed E-state index contributed by atoms with van der Waals surface area (Å²) in [4.78, 5) is 1.44. The van der Waals surface area contributed by atoms with E-state index in [0.29, 0.717) is 4.75 Å². The third-order valence-corrected chi connectivity index (χ3v) is 5.61. The highest BCUT2D eigenvalue weighted by molar-refractivity contribution is 8.00. The summed E-state index contributed by atoms with van der Waals surface area (Å²) < 4.78 is 0.500. The van der Waals surface area contributed by atoms with Gasteiger partial charge in [0, 0.05) is 9.64 Å². The molecule has 0 spiro atoms. The van der Waals surface area contributed by atoms with Crippen molar-refractivity contribution in [1.29, 1.82) is 0 Å². The third kappa shape index (κ3) is 2.63. The van der Waals surface area contributed by atoms with E-state index in [-0.39, 0.29) is 0 Å². The zero-order chi connectivity index (χ0) is 11.4. The second-order valence-electron chi connectivity index (χ2n) is 5.20. The molecule has 0 heterocycles. The lowest BCUT2D eigenvalue weighted by atomic mass is 9.81. The molecule has 1 fully saturated rings. The van der Waals surface area contributed by atoms with Crippen molar-refractivity contribution >= 4 is 11.8 Å². The molecule has 0 radical (unpaired) electrons. The SMILES string of the molecule is CC(C)C1(Sc2ccccc2)CCCCC1. The smallest absolute Gasteiger partial charge is 0.0230 e. The largest absolute Gasteiger partial charge is 0.119 e. The zero-order valence-electron chi connectivity index (χ0n) is 10.4. The second-order valence-corrected chi connectivity index (χ2v) is 6.68. The summed E-state index contributed by atoms with van der Waals surface area (Å²) in [5.74, 6) is 0.776. The Balaban J connectivity index is 2.14. The Morgan fingerprint density at radius 2 is 1.62 bits per heavy atom. The molecule has 0 aliphatic heterocycles. The maximum absolute atomic E-state index is 2.39. The highest BCUT2D eigenvalue weighted by Gasteiger charge is 2.35. The normalized spacial score (nSPS) is 19.9. The first kappa shape index (κ1) is 12.0. The van der Waals surface area contributed by atoms with Crippen molar-refractivity contribution in [3.8, 4) is 0 Å². The van der Waals surface area contributed by atoms with Gasteiger partial charge in [-0.05, 0) is 30.9 Å². The average Bonchev–Trinajstić information content (AvgIpc) is 2.31. The summed E-state index contributed by atoms with van der Waals surface area (Å²) in [6.07, 6.45) is 7.05. The van der Waals surface area contributed by atoms with Crippen LogP contribution in [0.2, 0.25) is 0 Å². The van der Waals surface area contributed by atoms with E-state index in [0.717, 1.165) is 5.92 Å². The van der Waals surface area contributed by atoms with Crippen LogP contribution >= 0.6 is 11.8 Å². The highest BCUT2D eigenvalue weighted by Crippen LogP contribution is 2.48. The molecule has 88 valence electrons. The quantitative estimate of drug-likeness (QED) is 0.698. The van der Waals surface area contributed by atoms with Crippen LogP contribution in [0.15, 0.2) is 35.2 Å². The van der Waals surface area contributed by atoms with E-state index < -0.39 is 0 Å². The fourth-order valence-electron chi connectivity index (χ4n) is 2.67. The maximum atomic E-state index is 2.39. The fraction of sp³-hybridized carbons (Fsp3) is 0.600. The Labute approximate surface area is 104 Å². The number of rotatable bonds is 3. The lowest BCUT2D eigenvalue weighted by Crippen LogP contribution is -2.33. The van der Waals surface area contributed by atoms with Crippen molar-refractivity contribution in [1.82, 2.24) is 0 Å². The van der Waals surface area contributed by atoms with Gasteiger partial charge in [0.15, 0.2) is 0 Å². The molecule has 2 rings (SSSR count). The van der Waals surface area contributed by atoms with Crippen molar-refractivity contribution in [2.24, 2.45) is 5.92 Å². The van der Waals surface area contributed by atoms with E-state index in [1.165, 1.54) is 37.0 Å². The molecule has 1 aliphatic rings. The van der Waals surface area contributed by atoms with E-state index in [9.17, 15) is 0 Å². The standard InChI is InChI=1S/C15H22S/c1-13(2)15(11-7-4-8-12-15)16-14-9-5-3-6-10-14/h3,5-6,9-10,13H,4,7-8,11-12H2,1-2H3. The third-order valence-electron chi connectivity index (χ3n) is 3.82. The molecule has 0 N–H and O–H groups in total. The fourth-order valence-corrected chi connectivity index (χ4v) is 4.16. The van der Waals surface area contributed by atoms with Gasteiger partial charge in [0.2, 0.25) is 0 Å². The number of benzene rings is 1. The lowest BCUT2D eigenvalue weighted by Gasteiger charge is -2.40. The van der Waals surface area contributed by atoms with Gasteiger partial charge in [-0.15, -0.1) is 11.8 Å². The van der Waals surface area contributed by atoms with Gasteiger partial charge in [0.25, 0.3) is 0 Å². The van der Waals surface area contributed by atoms with Crippen LogP contribution in [0.5, 0.6) is 0 Å². The Bertz CT molecular complexity index is 309. The summed E-state index contributed by atoms with van der Waals surface area (Å²) in [7, 11) is 0. The van der Waals surface area contributed by atoms with Crippen molar-refractivity contribution < 1.29 is 0 Å². The Morgan fingerprint density at radius 1 is 1.00 bits per heavy atom. The van der Waals surface area contributed by atoms with Crippen LogP contribution in [0.4, 0.5) is 0 Å². The van der Waals surface area contributed by atoms with Gasteiger partial charge in [0.1, 0.15) is 0 Å². The molecule has 1 aromatic rings. The van der Waals surface area contributed by atoms with Crippen molar-refractivity contribution in [3.05, 3.63) is 30.3 Å². The lowest BCUT2D eigenvalue weighted by molar-refractivity contribution is 0.319. The highest BCUT2D eigenvalue weighted by atomic mass is 32.2. The van der Waals surface area contributed by atoms with Crippen LogP contribution in [0.1, 0.15) is 46.0 Å². The molecule has 0 amide bonds. The molecule has 1 heteroatoms. The summed E-state index contributed by atoms with van der Waals surface area (Å²) in [6.45, 7) is 4.78. The molecule has 0 atom stereocenters. The van der Waals surface area contributed by atoms with Crippen LogP contribution in [0.3, 0.4) is 0 Å². The monoisotopic (exact) mass is 234 g/mol. The Kier molecular flexibility index (Phi) is 3.96. The first-order valence-electron chi connectivity index (χ1n) is 6.47. The van der Waals surface area contributed by atoms with E-state index >= 15 is 0 Å². The number of thioether (sulfide) groups is 1. The van der Waals surface area contributed by atoms with Crippen LogP contribution in [-0.2, 0) is 0 Å². The minimum absolute atomic E-state index is 0.500. The topological polar surface area (TPSA) is 0 Å². The van der Waals surface area contributed by atoms with Gasteiger partial charge in [-0.2, -0.15) is 0 Å². The predicted molar refractivity (Wildman–Crippen MR) is 73.0 cm³/mol. The zero-order valence-corrected chi connectivity index (χ0v) is 11.2. The van der Waals surface area contributed by atoms with Gasteiger partial charge < -0.3 is 0 Å². The summed E-state index contributed by atoms with van der Waals surface area (Å²) >= 11 is 2.12.